The van der Waals surface area contributed by atoms with Crippen molar-refractivity contribution < 1.29 is 59.2 Å². The van der Waals surface area contributed by atoms with Crippen LogP contribution in [0, 0.1) is 5.82 Å². The Morgan fingerprint density at radius 3 is 2.14 bits per heavy atom. The molecule has 1 fully saturated rings. The van der Waals surface area contributed by atoms with Crippen molar-refractivity contribution in [2.24, 2.45) is 0 Å². The molecule has 0 bridgehead atoms. The highest BCUT2D eigenvalue weighted by Gasteiger charge is 2.47. The van der Waals surface area contributed by atoms with Crippen molar-refractivity contribution in [1.29, 1.82) is 0 Å². The van der Waals surface area contributed by atoms with E-state index in [0.717, 1.165) is 0 Å². The first-order valence-corrected chi connectivity index (χ1v) is 14.2. The zero-order valence-corrected chi connectivity index (χ0v) is 24.9. The van der Waals surface area contributed by atoms with Gasteiger partial charge in [-0.2, -0.15) is 0 Å². The number of aromatic nitrogens is 1. The molecule has 7 atom stereocenters. The van der Waals surface area contributed by atoms with Gasteiger partial charge in [0.2, 0.25) is 0 Å². The molecule has 242 valence electrons. The first-order valence-electron chi connectivity index (χ1n) is 14.2. The normalized spacial score (nSPS) is 23.8. The summed E-state index contributed by atoms with van der Waals surface area (Å²) in [5, 5.41) is 69.7. The topological polar surface area (TPSA) is 207 Å². The predicted molar refractivity (Wildman–Crippen MR) is 155 cm³/mol. The van der Waals surface area contributed by atoms with Crippen molar-refractivity contribution in [2.75, 3.05) is 0 Å². The Bertz CT molecular complexity index is 1330. The maximum Gasteiger partial charge on any atom is 0.335 e. The SMILES string of the molecule is CC(C)c1nc(C(C)C)c(CO[C@@H]2O[C@H](C(=O)O)[C@@H](O)[C@H](O)[C@H]2O)c(-c2ccc(F)cc2)c1/C=C/[C@@H](O)C[C@@H](O)CC(=O)O. The Kier molecular flexibility index (Phi) is 12.1. The number of aliphatic carboxylic acids is 2. The molecule has 1 aliphatic heterocycles. The van der Waals surface area contributed by atoms with Crippen molar-refractivity contribution in [3.05, 3.63) is 58.7 Å². The second kappa shape index (κ2) is 15.1. The number of benzene rings is 1. The molecule has 3 rings (SSSR count). The predicted octanol–water partition coefficient (Wildman–Crippen LogP) is 2.14. The summed E-state index contributed by atoms with van der Waals surface area (Å²) < 4.78 is 25.1. The molecule has 12 nitrogen and oxygen atoms in total. The number of ether oxygens (including phenoxy) is 2. The maximum absolute atomic E-state index is 14.0. The highest BCUT2D eigenvalue weighted by molar-refractivity contribution is 5.80. The van der Waals surface area contributed by atoms with Gasteiger partial charge in [0.1, 0.15) is 24.1 Å². The van der Waals surface area contributed by atoms with Gasteiger partial charge < -0.3 is 45.2 Å². The lowest BCUT2D eigenvalue weighted by Gasteiger charge is -2.38. The number of carboxylic acid groups (broad SMARTS) is 2. The number of aliphatic hydroxyl groups is 5. The number of nitrogens with zero attached hydrogens (tertiary/aromatic N) is 1. The fraction of sp³-hybridized carbons (Fsp3) is 0.516. The molecule has 0 spiro atoms. The van der Waals surface area contributed by atoms with Gasteiger partial charge in [-0.1, -0.05) is 52.0 Å². The summed E-state index contributed by atoms with van der Waals surface area (Å²) in [6, 6.07) is 5.61. The van der Waals surface area contributed by atoms with Crippen molar-refractivity contribution in [3.63, 3.8) is 0 Å². The lowest BCUT2D eigenvalue weighted by Crippen LogP contribution is -2.60. The van der Waals surface area contributed by atoms with Gasteiger partial charge in [0, 0.05) is 23.2 Å². The van der Waals surface area contributed by atoms with Crippen LogP contribution in [0.25, 0.3) is 17.2 Å². The van der Waals surface area contributed by atoms with E-state index in [1.807, 2.05) is 27.7 Å². The first-order chi connectivity index (χ1) is 20.6. The van der Waals surface area contributed by atoms with E-state index in [2.05, 4.69) is 0 Å². The average molecular weight is 622 g/mol. The molecule has 0 saturated carbocycles. The molecule has 2 aromatic rings. The van der Waals surface area contributed by atoms with Crippen LogP contribution in [0.4, 0.5) is 4.39 Å². The van der Waals surface area contributed by atoms with Crippen LogP contribution in [0.2, 0.25) is 0 Å². The summed E-state index contributed by atoms with van der Waals surface area (Å²) >= 11 is 0. The highest BCUT2D eigenvalue weighted by Crippen LogP contribution is 2.38. The molecule has 44 heavy (non-hydrogen) atoms. The van der Waals surface area contributed by atoms with Crippen LogP contribution in [-0.4, -0.2) is 95.6 Å². The molecule has 1 aromatic carbocycles. The fourth-order valence-electron chi connectivity index (χ4n) is 5.06. The summed E-state index contributed by atoms with van der Waals surface area (Å²) in [7, 11) is 0. The second-order valence-electron chi connectivity index (χ2n) is 11.4. The molecule has 1 aliphatic rings. The van der Waals surface area contributed by atoms with Gasteiger partial charge in [-0.3, -0.25) is 9.78 Å². The van der Waals surface area contributed by atoms with Gasteiger partial charge in [0.25, 0.3) is 0 Å². The molecular formula is C31H40FNO11. The summed E-state index contributed by atoms with van der Waals surface area (Å²) in [4.78, 5) is 27.4. The van der Waals surface area contributed by atoms with E-state index in [-0.39, 0.29) is 24.9 Å². The number of hydrogen-bond donors (Lipinski definition) is 7. The zero-order chi connectivity index (χ0) is 32.9. The fourth-order valence-corrected chi connectivity index (χ4v) is 5.06. The van der Waals surface area contributed by atoms with Crippen LogP contribution in [-0.2, 0) is 25.7 Å². The van der Waals surface area contributed by atoms with Crippen molar-refractivity contribution in [1.82, 2.24) is 4.98 Å². The number of rotatable bonds is 13. The molecule has 2 heterocycles. The van der Waals surface area contributed by atoms with Gasteiger partial charge in [-0.25, -0.2) is 9.18 Å². The molecule has 0 radical (unpaired) electrons. The van der Waals surface area contributed by atoms with Crippen LogP contribution >= 0.6 is 0 Å². The van der Waals surface area contributed by atoms with Gasteiger partial charge in [-0.15, -0.1) is 0 Å². The third-order valence-corrected chi connectivity index (χ3v) is 7.24. The number of pyridine rings is 1. The summed E-state index contributed by atoms with van der Waals surface area (Å²) in [5.41, 5.74) is 3.25. The van der Waals surface area contributed by atoms with Crippen LogP contribution in [0.1, 0.15) is 74.9 Å². The Hall–Kier alpha value is -3.30. The molecule has 7 N–H and O–H groups in total. The van der Waals surface area contributed by atoms with Crippen LogP contribution in [0.3, 0.4) is 0 Å². The molecule has 0 unspecified atom stereocenters. The first kappa shape index (κ1) is 35.2. The monoisotopic (exact) mass is 621 g/mol. The lowest BCUT2D eigenvalue weighted by molar-refractivity contribution is -0.297. The Morgan fingerprint density at radius 1 is 0.977 bits per heavy atom. The van der Waals surface area contributed by atoms with Crippen LogP contribution < -0.4 is 0 Å². The minimum absolute atomic E-state index is 0.146. The van der Waals surface area contributed by atoms with Crippen LogP contribution in [0.15, 0.2) is 30.3 Å². The third kappa shape index (κ3) is 8.45. The minimum Gasteiger partial charge on any atom is -0.481 e. The van der Waals surface area contributed by atoms with Crippen LogP contribution in [0.5, 0.6) is 0 Å². The number of carbonyl (C=O) groups is 2. The van der Waals surface area contributed by atoms with Gasteiger partial charge in [-0.05, 0) is 35.1 Å². The van der Waals surface area contributed by atoms with E-state index in [9.17, 15) is 44.6 Å². The number of carboxylic acids is 2. The number of halogens is 1. The quantitative estimate of drug-likeness (QED) is 0.172. The van der Waals surface area contributed by atoms with Gasteiger partial charge in [0.15, 0.2) is 12.4 Å². The zero-order valence-electron chi connectivity index (χ0n) is 24.9. The van der Waals surface area contributed by atoms with E-state index in [1.54, 1.807) is 18.2 Å². The summed E-state index contributed by atoms with van der Waals surface area (Å²) in [6.45, 7) is 7.28. The van der Waals surface area contributed by atoms with E-state index in [0.29, 0.717) is 33.6 Å². The number of hydrogen-bond acceptors (Lipinski definition) is 10. The minimum atomic E-state index is -1.90. The average Bonchev–Trinajstić information content (AvgIpc) is 2.93. The van der Waals surface area contributed by atoms with Crippen molar-refractivity contribution >= 4 is 18.0 Å². The largest absolute Gasteiger partial charge is 0.481 e. The van der Waals surface area contributed by atoms with E-state index in [1.165, 1.54) is 18.2 Å². The van der Waals surface area contributed by atoms with E-state index in [4.69, 9.17) is 19.6 Å². The molecule has 1 saturated heterocycles. The Labute approximate surface area is 254 Å². The standard InChI is InChI=1S/C31H40FNO11/c1-14(2)24-20(10-9-18(34)11-19(35)12-22(36)37)23(16-5-7-17(32)8-6-16)21(25(33-24)15(3)4)13-43-31-28(40)26(38)27(39)29(44-31)30(41)42/h5-10,14-15,18-19,26-29,31,34-35,38-40H,11-13H2,1-4H3,(H,36,37)(H,41,42)/b10-9+/t18-,19-,26+,27+,28-,29+,31-/m1/s1. The van der Waals surface area contributed by atoms with Gasteiger partial charge >= 0.3 is 11.9 Å². The Morgan fingerprint density at radius 2 is 1.59 bits per heavy atom. The molecule has 0 aliphatic carbocycles. The Balaban J connectivity index is 2.16. The number of aliphatic hydroxyl groups excluding tert-OH is 5. The molecule has 13 heteroatoms. The summed E-state index contributed by atoms with van der Waals surface area (Å²) in [6.07, 6.45) is -9.37. The highest BCUT2D eigenvalue weighted by atomic mass is 19.1. The molecule has 1 aromatic heterocycles. The maximum atomic E-state index is 14.0. The van der Waals surface area contributed by atoms with Crippen molar-refractivity contribution in [3.8, 4) is 11.1 Å². The van der Waals surface area contributed by atoms with E-state index >= 15 is 0 Å². The van der Waals surface area contributed by atoms with Crippen molar-refractivity contribution in [2.45, 2.75) is 102 Å². The smallest absolute Gasteiger partial charge is 0.335 e. The van der Waals surface area contributed by atoms with Gasteiger partial charge in [0.05, 0.1) is 30.9 Å². The molecular weight excluding hydrogens is 581 g/mol. The lowest BCUT2D eigenvalue weighted by atomic mass is 9.87. The second-order valence-corrected chi connectivity index (χ2v) is 11.4. The third-order valence-electron chi connectivity index (χ3n) is 7.24. The summed E-state index contributed by atoms with van der Waals surface area (Å²) in [5.74, 6) is -3.59. The molecule has 0 amide bonds. The van der Waals surface area contributed by atoms with E-state index < -0.39 is 67.1 Å².